The molecule has 0 unspecified atom stereocenters. The van der Waals surface area contributed by atoms with Crippen LogP contribution in [0.1, 0.15) is 24.1 Å². The highest BCUT2D eigenvalue weighted by Gasteiger charge is 2.19. The highest BCUT2D eigenvalue weighted by atomic mass is 14.9. The van der Waals surface area contributed by atoms with E-state index in [0.29, 0.717) is 0 Å². The largest absolute Gasteiger partial charge is 0.359 e. The lowest BCUT2D eigenvalue weighted by Gasteiger charge is -2.02. The van der Waals surface area contributed by atoms with Gasteiger partial charge in [-0.3, -0.25) is 0 Å². The molecule has 2 heteroatoms. The zero-order valence-corrected chi connectivity index (χ0v) is 9.01. The summed E-state index contributed by atoms with van der Waals surface area (Å²) in [6, 6.07) is 9.64. The number of benzene rings is 1. The number of aromatic nitrogens is 1. The lowest BCUT2D eigenvalue weighted by Crippen LogP contribution is -2.14. The van der Waals surface area contributed by atoms with Gasteiger partial charge in [-0.25, -0.2) is 0 Å². The lowest BCUT2D eigenvalue weighted by atomic mass is 10.1. The molecule has 2 nitrogen and oxygen atoms in total. The molecule has 1 saturated carbocycles. The summed E-state index contributed by atoms with van der Waals surface area (Å²) in [5.74, 6) is 0. The molecule has 1 fully saturated rings. The third kappa shape index (κ3) is 1.90. The van der Waals surface area contributed by atoms with Crippen molar-refractivity contribution >= 4 is 10.9 Å². The molecule has 0 radical (unpaired) electrons. The molecule has 2 aromatic rings. The van der Waals surface area contributed by atoms with Crippen LogP contribution in [-0.4, -0.2) is 11.0 Å². The summed E-state index contributed by atoms with van der Waals surface area (Å²) in [5, 5.41) is 4.86. The molecule has 1 aromatic carbocycles. The van der Waals surface area contributed by atoms with E-state index >= 15 is 0 Å². The first kappa shape index (κ1) is 8.98. The minimum Gasteiger partial charge on any atom is -0.359 e. The van der Waals surface area contributed by atoms with Crippen molar-refractivity contribution in [3.8, 4) is 0 Å². The molecular weight excluding hydrogens is 184 g/mol. The number of aromatic amines is 1. The second-order valence-electron chi connectivity index (χ2n) is 4.53. The van der Waals surface area contributed by atoms with Crippen LogP contribution in [0.5, 0.6) is 0 Å². The van der Waals surface area contributed by atoms with Crippen LogP contribution in [0.15, 0.2) is 24.3 Å². The van der Waals surface area contributed by atoms with E-state index in [2.05, 4.69) is 41.5 Å². The van der Waals surface area contributed by atoms with Crippen LogP contribution in [0.3, 0.4) is 0 Å². The van der Waals surface area contributed by atoms with Gasteiger partial charge in [0.2, 0.25) is 0 Å². The number of fused-ring (bicyclic) bond motifs is 1. The summed E-state index contributed by atoms with van der Waals surface area (Å²) in [4.78, 5) is 3.34. The average Bonchev–Trinajstić information content (AvgIpc) is 2.96. The monoisotopic (exact) mass is 200 g/mol. The first-order valence-electron chi connectivity index (χ1n) is 5.63. The van der Waals surface area contributed by atoms with Crippen LogP contribution in [0.25, 0.3) is 10.9 Å². The molecule has 3 rings (SSSR count). The van der Waals surface area contributed by atoms with Crippen molar-refractivity contribution in [2.24, 2.45) is 0 Å². The molecule has 2 N–H and O–H groups in total. The van der Waals surface area contributed by atoms with Gasteiger partial charge in [-0.15, -0.1) is 0 Å². The van der Waals surface area contributed by atoms with E-state index < -0.39 is 0 Å². The van der Waals surface area contributed by atoms with Crippen LogP contribution >= 0.6 is 0 Å². The zero-order chi connectivity index (χ0) is 10.3. The van der Waals surface area contributed by atoms with Crippen LogP contribution in [0, 0.1) is 6.92 Å². The molecule has 0 saturated heterocycles. The number of H-pyrrole nitrogens is 1. The molecule has 1 aliphatic rings. The minimum absolute atomic E-state index is 0.786. The Morgan fingerprint density at radius 3 is 3.00 bits per heavy atom. The van der Waals surface area contributed by atoms with Gasteiger partial charge in [-0.1, -0.05) is 6.07 Å². The summed E-state index contributed by atoms with van der Waals surface area (Å²) in [5.41, 5.74) is 3.85. The first-order valence-corrected chi connectivity index (χ1v) is 5.63. The summed E-state index contributed by atoms with van der Waals surface area (Å²) in [7, 11) is 0. The fourth-order valence-electron chi connectivity index (χ4n) is 1.99. The van der Waals surface area contributed by atoms with Crippen molar-refractivity contribution < 1.29 is 0 Å². The van der Waals surface area contributed by atoms with E-state index in [0.717, 1.165) is 12.6 Å². The Labute approximate surface area is 89.7 Å². The Kier molecular flexibility index (Phi) is 2.03. The van der Waals surface area contributed by atoms with Gasteiger partial charge in [0.25, 0.3) is 0 Å². The van der Waals surface area contributed by atoms with Gasteiger partial charge in [0.05, 0.1) is 0 Å². The van der Waals surface area contributed by atoms with Gasteiger partial charge in [0.1, 0.15) is 0 Å². The average molecular weight is 200 g/mol. The topological polar surface area (TPSA) is 27.8 Å². The Balaban J connectivity index is 1.84. The quantitative estimate of drug-likeness (QED) is 0.783. The second kappa shape index (κ2) is 3.38. The molecule has 0 amide bonds. The zero-order valence-electron chi connectivity index (χ0n) is 9.01. The Morgan fingerprint density at radius 2 is 2.20 bits per heavy atom. The number of hydrogen-bond donors (Lipinski definition) is 2. The van der Waals surface area contributed by atoms with Crippen molar-refractivity contribution in [3.05, 3.63) is 35.5 Å². The third-order valence-electron chi connectivity index (χ3n) is 2.99. The number of nitrogens with one attached hydrogen (secondary N) is 2. The van der Waals surface area contributed by atoms with Crippen molar-refractivity contribution in [1.29, 1.82) is 0 Å². The number of rotatable bonds is 3. The first-order chi connectivity index (χ1) is 7.31. The summed E-state index contributed by atoms with van der Waals surface area (Å²) in [6.45, 7) is 3.10. The van der Waals surface area contributed by atoms with Crippen LogP contribution in [-0.2, 0) is 6.54 Å². The van der Waals surface area contributed by atoms with E-state index in [-0.39, 0.29) is 0 Å². The predicted octanol–water partition coefficient (Wildman–Crippen LogP) is 2.73. The fraction of sp³-hybridized carbons (Fsp3) is 0.385. The third-order valence-corrected chi connectivity index (χ3v) is 2.99. The molecular formula is C13H16N2. The normalized spacial score (nSPS) is 16.1. The van der Waals surface area contributed by atoms with Crippen LogP contribution in [0.2, 0.25) is 0 Å². The maximum absolute atomic E-state index is 3.53. The van der Waals surface area contributed by atoms with Gasteiger partial charge >= 0.3 is 0 Å². The Morgan fingerprint density at radius 1 is 1.33 bits per heavy atom. The van der Waals surface area contributed by atoms with Gasteiger partial charge in [-0.2, -0.15) is 0 Å². The second-order valence-corrected chi connectivity index (χ2v) is 4.53. The summed E-state index contributed by atoms with van der Waals surface area (Å²) >= 11 is 0. The highest BCUT2D eigenvalue weighted by molar-refractivity contribution is 5.81. The molecule has 15 heavy (non-hydrogen) atoms. The Hall–Kier alpha value is -1.28. The molecule has 0 atom stereocenters. The molecule has 1 aromatic heterocycles. The molecule has 1 heterocycles. The molecule has 0 spiro atoms. The fourth-order valence-corrected chi connectivity index (χ4v) is 1.99. The smallest absolute Gasteiger partial charge is 0.0456 e. The number of hydrogen-bond acceptors (Lipinski definition) is 1. The molecule has 0 bridgehead atoms. The van der Waals surface area contributed by atoms with Gasteiger partial charge < -0.3 is 10.3 Å². The van der Waals surface area contributed by atoms with Gasteiger partial charge in [-0.05, 0) is 48.9 Å². The van der Waals surface area contributed by atoms with E-state index in [4.69, 9.17) is 0 Å². The molecule has 78 valence electrons. The molecule has 1 aliphatic carbocycles. The summed E-state index contributed by atoms with van der Waals surface area (Å²) < 4.78 is 0. The van der Waals surface area contributed by atoms with Crippen LogP contribution in [0.4, 0.5) is 0 Å². The standard InChI is InChI=1S/C13H16N2/c1-9-6-11-7-10(2-5-13(11)15-9)8-14-12-3-4-12/h2,5-7,12,14-15H,3-4,8H2,1H3. The van der Waals surface area contributed by atoms with E-state index in [9.17, 15) is 0 Å². The van der Waals surface area contributed by atoms with Crippen LogP contribution < -0.4 is 5.32 Å². The van der Waals surface area contributed by atoms with E-state index in [1.807, 2.05) is 0 Å². The maximum Gasteiger partial charge on any atom is 0.0456 e. The maximum atomic E-state index is 3.53. The van der Waals surface area contributed by atoms with Gasteiger partial charge in [0, 0.05) is 23.8 Å². The minimum atomic E-state index is 0.786. The summed E-state index contributed by atoms with van der Waals surface area (Å²) in [6.07, 6.45) is 2.71. The van der Waals surface area contributed by atoms with Crippen molar-refractivity contribution in [2.45, 2.75) is 32.4 Å². The highest BCUT2D eigenvalue weighted by Crippen LogP contribution is 2.21. The lowest BCUT2D eigenvalue weighted by molar-refractivity contribution is 0.688. The molecule has 0 aliphatic heterocycles. The Bertz CT molecular complexity index is 480. The van der Waals surface area contributed by atoms with Gasteiger partial charge in [0.15, 0.2) is 0 Å². The van der Waals surface area contributed by atoms with Crippen molar-refractivity contribution in [3.63, 3.8) is 0 Å². The van der Waals surface area contributed by atoms with E-state index in [1.165, 1.54) is 35.0 Å². The van der Waals surface area contributed by atoms with Crippen molar-refractivity contribution in [2.75, 3.05) is 0 Å². The number of aryl methyl sites for hydroxylation is 1. The SMILES string of the molecule is Cc1cc2cc(CNC3CC3)ccc2[nH]1. The van der Waals surface area contributed by atoms with Crippen molar-refractivity contribution in [1.82, 2.24) is 10.3 Å². The predicted molar refractivity (Wildman–Crippen MR) is 62.9 cm³/mol. The van der Waals surface area contributed by atoms with E-state index in [1.54, 1.807) is 0 Å².